The number of hydrogen-bond donors (Lipinski definition) is 2. The van der Waals surface area contributed by atoms with Crippen molar-refractivity contribution in [1.29, 1.82) is 0 Å². The third-order valence-corrected chi connectivity index (χ3v) is 5.04. The normalized spacial score (nSPS) is 11.5. The standard InChI is InChI=1S/C15H24N2O4S/c1-11-9-13(15(18)17-7-5-6-8-21-4)10-14(12(11)2)22(19,20)16-3/h9-10,16H,5-8H2,1-4H3,(H,17,18). The Morgan fingerprint density at radius 3 is 2.50 bits per heavy atom. The van der Waals surface area contributed by atoms with Crippen LogP contribution in [0.3, 0.4) is 0 Å². The lowest BCUT2D eigenvalue weighted by atomic mass is 10.1. The van der Waals surface area contributed by atoms with Gasteiger partial charge in [-0.3, -0.25) is 4.79 Å². The van der Waals surface area contributed by atoms with Crippen molar-refractivity contribution in [3.63, 3.8) is 0 Å². The third-order valence-electron chi connectivity index (χ3n) is 3.50. The Morgan fingerprint density at radius 2 is 1.91 bits per heavy atom. The second-order valence-electron chi connectivity index (χ2n) is 5.08. The van der Waals surface area contributed by atoms with Crippen molar-refractivity contribution >= 4 is 15.9 Å². The van der Waals surface area contributed by atoms with Crippen LogP contribution in [0.1, 0.15) is 34.3 Å². The smallest absolute Gasteiger partial charge is 0.251 e. The number of amides is 1. The molecule has 0 radical (unpaired) electrons. The molecular formula is C15H24N2O4S. The van der Waals surface area contributed by atoms with Gasteiger partial charge in [0.2, 0.25) is 10.0 Å². The van der Waals surface area contributed by atoms with Gasteiger partial charge in [-0.2, -0.15) is 0 Å². The molecule has 0 saturated carbocycles. The molecule has 0 aromatic heterocycles. The van der Waals surface area contributed by atoms with Crippen LogP contribution >= 0.6 is 0 Å². The summed E-state index contributed by atoms with van der Waals surface area (Å²) in [5, 5.41) is 2.79. The first kappa shape index (κ1) is 18.6. The average molecular weight is 328 g/mol. The van der Waals surface area contributed by atoms with E-state index >= 15 is 0 Å². The van der Waals surface area contributed by atoms with E-state index in [1.165, 1.54) is 13.1 Å². The van der Waals surface area contributed by atoms with Crippen LogP contribution in [0, 0.1) is 13.8 Å². The first-order valence-electron chi connectivity index (χ1n) is 7.15. The summed E-state index contributed by atoms with van der Waals surface area (Å²) in [5.74, 6) is -0.270. The second-order valence-corrected chi connectivity index (χ2v) is 6.93. The Hall–Kier alpha value is -1.44. The van der Waals surface area contributed by atoms with Crippen LogP contribution in [-0.2, 0) is 14.8 Å². The molecule has 1 aromatic rings. The van der Waals surface area contributed by atoms with Gasteiger partial charge >= 0.3 is 0 Å². The van der Waals surface area contributed by atoms with E-state index in [0.717, 1.165) is 18.4 Å². The average Bonchev–Trinajstić information content (AvgIpc) is 2.49. The highest BCUT2D eigenvalue weighted by Crippen LogP contribution is 2.21. The van der Waals surface area contributed by atoms with Gasteiger partial charge in [-0.1, -0.05) is 0 Å². The number of rotatable bonds is 8. The molecule has 1 rings (SSSR count). The summed E-state index contributed by atoms with van der Waals surface area (Å²) in [4.78, 5) is 12.3. The summed E-state index contributed by atoms with van der Waals surface area (Å²) in [6, 6.07) is 3.12. The van der Waals surface area contributed by atoms with Crippen LogP contribution in [0.5, 0.6) is 0 Å². The van der Waals surface area contributed by atoms with E-state index in [2.05, 4.69) is 10.0 Å². The molecule has 0 aliphatic rings. The van der Waals surface area contributed by atoms with Crippen LogP contribution in [0.4, 0.5) is 0 Å². The molecule has 124 valence electrons. The fourth-order valence-corrected chi connectivity index (χ4v) is 3.09. The topological polar surface area (TPSA) is 84.5 Å². The fraction of sp³-hybridized carbons (Fsp3) is 0.533. The molecule has 2 N–H and O–H groups in total. The van der Waals surface area contributed by atoms with Crippen LogP contribution < -0.4 is 10.0 Å². The van der Waals surface area contributed by atoms with Crippen LogP contribution in [0.15, 0.2) is 17.0 Å². The molecule has 0 bridgehead atoms. The summed E-state index contributed by atoms with van der Waals surface area (Å²) < 4.78 is 31.3. The van der Waals surface area contributed by atoms with Crippen molar-refractivity contribution in [2.75, 3.05) is 27.3 Å². The van der Waals surface area contributed by atoms with Crippen molar-refractivity contribution in [3.8, 4) is 0 Å². The van der Waals surface area contributed by atoms with Gasteiger partial charge in [0.1, 0.15) is 0 Å². The maximum atomic E-state index is 12.2. The second kappa shape index (κ2) is 8.26. The number of carbonyl (C=O) groups is 1. The summed E-state index contributed by atoms with van der Waals surface area (Å²) in [7, 11) is -0.596. The van der Waals surface area contributed by atoms with E-state index in [1.54, 1.807) is 27.0 Å². The molecule has 1 amide bonds. The van der Waals surface area contributed by atoms with Crippen molar-refractivity contribution in [2.45, 2.75) is 31.6 Å². The Labute approximate surface area is 132 Å². The van der Waals surface area contributed by atoms with Crippen molar-refractivity contribution in [3.05, 3.63) is 28.8 Å². The summed E-state index contributed by atoms with van der Waals surface area (Å²) in [6.07, 6.45) is 1.68. The highest BCUT2D eigenvalue weighted by Gasteiger charge is 2.19. The van der Waals surface area contributed by atoms with E-state index in [0.29, 0.717) is 24.3 Å². The molecule has 1 aromatic carbocycles. The van der Waals surface area contributed by atoms with Crippen molar-refractivity contribution in [2.24, 2.45) is 0 Å². The lowest BCUT2D eigenvalue weighted by Gasteiger charge is -2.12. The molecule has 0 unspecified atom stereocenters. The molecular weight excluding hydrogens is 304 g/mol. The molecule has 7 heteroatoms. The number of carbonyl (C=O) groups excluding carboxylic acids is 1. The molecule has 0 spiro atoms. The third kappa shape index (κ3) is 4.79. The van der Waals surface area contributed by atoms with Gasteiger partial charge in [0, 0.05) is 25.8 Å². The number of unbranched alkanes of at least 4 members (excludes halogenated alkanes) is 1. The van der Waals surface area contributed by atoms with Gasteiger partial charge in [-0.05, 0) is 57.0 Å². The molecule has 0 atom stereocenters. The van der Waals surface area contributed by atoms with Crippen LogP contribution in [0.25, 0.3) is 0 Å². The van der Waals surface area contributed by atoms with E-state index in [1.807, 2.05) is 0 Å². The molecule has 0 saturated heterocycles. The lowest BCUT2D eigenvalue weighted by Crippen LogP contribution is -2.26. The van der Waals surface area contributed by atoms with Gasteiger partial charge in [-0.15, -0.1) is 0 Å². The van der Waals surface area contributed by atoms with E-state index in [-0.39, 0.29) is 10.8 Å². The minimum Gasteiger partial charge on any atom is -0.385 e. The maximum absolute atomic E-state index is 12.2. The zero-order valence-corrected chi connectivity index (χ0v) is 14.3. The van der Waals surface area contributed by atoms with Crippen LogP contribution in [0.2, 0.25) is 0 Å². The van der Waals surface area contributed by atoms with Crippen molar-refractivity contribution < 1.29 is 17.9 Å². The molecule has 0 fully saturated rings. The molecule has 0 heterocycles. The Morgan fingerprint density at radius 1 is 1.23 bits per heavy atom. The summed E-state index contributed by atoms with van der Waals surface area (Å²) >= 11 is 0. The number of ether oxygens (including phenoxy) is 1. The fourth-order valence-electron chi connectivity index (χ4n) is 2.02. The number of hydrogen-bond acceptors (Lipinski definition) is 4. The van der Waals surface area contributed by atoms with E-state index in [9.17, 15) is 13.2 Å². The highest BCUT2D eigenvalue weighted by molar-refractivity contribution is 7.89. The van der Waals surface area contributed by atoms with Gasteiger partial charge in [0.05, 0.1) is 4.90 Å². The predicted molar refractivity (Wildman–Crippen MR) is 85.6 cm³/mol. The number of methoxy groups -OCH3 is 1. The first-order valence-corrected chi connectivity index (χ1v) is 8.63. The number of sulfonamides is 1. The van der Waals surface area contributed by atoms with Gasteiger partial charge in [0.25, 0.3) is 5.91 Å². The zero-order chi connectivity index (χ0) is 16.8. The Bertz CT molecular complexity index is 627. The molecule has 6 nitrogen and oxygen atoms in total. The molecule has 0 aliphatic heterocycles. The monoisotopic (exact) mass is 328 g/mol. The number of benzene rings is 1. The first-order chi connectivity index (χ1) is 10.3. The number of nitrogens with one attached hydrogen (secondary N) is 2. The number of aryl methyl sites for hydroxylation is 1. The van der Waals surface area contributed by atoms with E-state index in [4.69, 9.17) is 4.74 Å². The minimum atomic E-state index is -3.59. The van der Waals surface area contributed by atoms with Crippen molar-refractivity contribution in [1.82, 2.24) is 10.0 Å². The predicted octanol–water partition coefficient (Wildman–Crippen LogP) is 1.37. The molecule has 0 aliphatic carbocycles. The minimum absolute atomic E-state index is 0.138. The zero-order valence-electron chi connectivity index (χ0n) is 13.5. The summed E-state index contributed by atoms with van der Waals surface area (Å²) in [5.41, 5.74) is 1.76. The quantitative estimate of drug-likeness (QED) is 0.706. The van der Waals surface area contributed by atoms with Gasteiger partial charge in [-0.25, -0.2) is 13.1 Å². The largest absolute Gasteiger partial charge is 0.385 e. The van der Waals surface area contributed by atoms with Crippen LogP contribution in [-0.4, -0.2) is 41.6 Å². The molecule has 22 heavy (non-hydrogen) atoms. The maximum Gasteiger partial charge on any atom is 0.251 e. The SMILES string of the molecule is CNS(=O)(=O)c1cc(C(=O)NCCCCOC)cc(C)c1C. The van der Waals surface area contributed by atoms with Gasteiger partial charge < -0.3 is 10.1 Å². The lowest BCUT2D eigenvalue weighted by molar-refractivity contribution is 0.0951. The van der Waals surface area contributed by atoms with E-state index < -0.39 is 10.0 Å². The highest BCUT2D eigenvalue weighted by atomic mass is 32.2. The summed E-state index contributed by atoms with van der Waals surface area (Å²) in [6.45, 7) is 4.71. The Balaban J connectivity index is 2.90. The Kier molecular flexibility index (Phi) is 6.99. The van der Waals surface area contributed by atoms with Gasteiger partial charge in [0.15, 0.2) is 0 Å².